The summed E-state index contributed by atoms with van der Waals surface area (Å²) in [5, 5.41) is 5.72. The molecular formula is C13H18N4O2. The van der Waals surface area contributed by atoms with Crippen molar-refractivity contribution in [3.05, 3.63) is 29.6 Å². The Morgan fingerprint density at radius 2 is 2.26 bits per heavy atom. The first-order valence-corrected chi connectivity index (χ1v) is 6.28. The van der Waals surface area contributed by atoms with Crippen LogP contribution in [0, 0.1) is 6.92 Å². The van der Waals surface area contributed by atoms with Gasteiger partial charge in [-0.2, -0.15) is 0 Å². The van der Waals surface area contributed by atoms with E-state index in [0.717, 1.165) is 5.56 Å². The molecule has 1 saturated heterocycles. The van der Waals surface area contributed by atoms with E-state index >= 15 is 0 Å². The van der Waals surface area contributed by atoms with Crippen LogP contribution in [0.1, 0.15) is 15.9 Å². The summed E-state index contributed by atoms with van der Waals surface area (Å²) in [6.45, 7) is 3.58. The molecule has 0 bridgehead atoms. The summed E-state index contributed by atoms with van der Waals surface area (Å²) in [5.41, 5.74) is 1.45. The van der Waals surface area contributed by atoms with Crippen LogP contribution in [0.5, 0.6) is 0 Å². The maximum atomic E-state index is 12.5. The number of carbonyl (C=O) groups is 2. The number of amides is 2. The second-order valence-corrected chi connectivity index (χ2v) is 4.58. The Bertz CT molecular complexity index is 489. The molecule has 1 aliphatic rings. The van der Waals surface area contributed by atoms with Crippen LogP contribution in [0.2, 0.25) is 0 Å². The Hall–Kier alpha value is -1.95. The van der Waals surface area contributed by atoms with Crippen molar-refractivity contribution in [2.24, 2.45) is 0 Å². The number of hydrogen-bond donors (Lipinski definition) is 2. The van der Waals surface area contributed by atoms with Crippen LogP contribution in [0.4, 0.5) is 0 Å². The van der Waals surface area contributed by atoms with Gasteiger partial charge >= 0.3 is 0 Å². The van der Waals surface area contributed by atoms with Gasteiger partial charge in [0.05, 0.1) is 5.56 Å². The molecule has 1 aromatic heterocycles. The van der Waals surface area contributed by atoms with Gasteiger partial charge in [0.15, 0.2) is 0 Å². The van der Waals surface area contributed by atoms with Gasteiger partial charge in [-0.1, -0.05) is 0 Å². The van der Waals surface area contributed by atoms with Crippen molar-refractivity contribution in [1.82, 2.24) is 20.5 Å². The van der Waals surface area contributed by atoms with Crippen molar-refractivity contribution in [3.63, 3.8) is 0 Å². The lowest BCUT2D eigenvalue weighted by atomic mass is 10.1. The van der Waals surface area contributed by atoms with Crippen LogP contribution >= 0.6 is 0 Å². The van der Waals surface area contributed by atoms with Crippen molar-refractivity contribution in [2.75, 3.05) is 26.7 Å². The molecule has 0 aromatic carbocycles. The van der Waals surface area contributed by atoms with Crippen LogP contribution in [0.25, 0.3) is 0 Å². The van der Waals surface area contributed by atoms with Crippen LogP contribution in [0.3, 0.4) is 0 Å². The highest BCUT2D eigenvalue weighted by atomic mass is 16.2. The summed E-state index contributed by atoms with van der Waals surface area (Å²) < 4.78 is 0. The molecule has 2 rings (SSSR count). The summed E-state index contributed by atoms with van der Waals surface area (Å²) in [4.78, 5) is 29.9. The summed E-state index contributed by atoms with van der Waals surface area (Å²) in [5.74, 6) is -0.299. The summed E-state index contributed by atoms with van der Waals surface area (Å²) in [7, 11) is 1.58. The summed E-state index contributed by atoms with van der Waals surface area (Å²) in [6.07, 6.45) is 3.24. The highest BCUT2D eigenvalue weighted by molar-refractivity contribution is 5.97. The molecule has 0 radical (unpaired) electrons. The predicted octanol–water partition coefficient (Wildman–Crippen LogP) is -0.450. The van der Waals surface area contributed by atoms with Crippen molar-refractivity contribution in [3.8, 4) is 0 Å². The number of piperazine rings is 1. The van der Waals surface area contributed by atoms with Gasteiger partial charge in [0.25, 0.3) is 5.91 Å². The van der Waals surface area contributed by atoms with E-state index in [4.69, 9.17) is 0 Å². The molecule has 6 heteroatoms. The maximum absolute atomic E-state index is 12.5. The lowest BCUT2D eigenvalue weighted by Gasteiger charge is -2.34. The highest BCUT2D eigenvalue weighted by Gasteiger charge is 2.32. The van der Waals surface area contributed by atoms with Gasteiger partial charge in [0.1, 0.15) is 6.04 Å². The second kappa shape index (κ2) is 5.79. The van der Waals surface area contributed by atoms with Gasteiger partial charge in [-0.15, -0.1) is 0 Å². The summed E-state index contributed by atoms with van der Waals surface area (Å²) >= 11 is 0. The normalized spacial score (nSPS) is 19.1. The molecule has 2 amide bonds. The van der Waals surface area contributed by atoms with Gasteiger partial charge in [-0.3, -0.25) is 14.6 Å². The number of aryl methyl sites for hydroxylation is 1. The van der Waals surface area contributed by atoms with Crippen molar-refractivity contribution >= 4 is 11.8 Å². The van der Waals surface area contributed by atoms with E-state index in [2.05, 4.69) is 15.6 Å². The molecular weight excluding hydrogens is 244 g/mol. The fourth-order valence-electron chi connectivity index (χ4n) is 2.19. The Kier molecular flexibility index (Phi) is 4.11. The van der Waals surface area contributed by atoms with Crippen molar-refractivity contribution in [1.29, 1.82) is 0 Å². The molecule has 2 N–H and O–H groups in total. The molecule has 0 spiro atoms. The van der Waals surface area contributed by atoms with Crippen LogP contribution in [-0.2, 0) is 4.79 Å². The first-order chi connectivity index (χ1) is 9.13. The first-order valence-electron chi connectivity index (χ1n) is 6.28. The Morgan fingerprint density at radius 3 is 2.95 bits per heavy atom. The third-order valence-corrected chi connectivity index (χ3v) is 3.18. The number of hydrogen-bond acceptors (Lipinski definition) is 4. The van der Waals surface area contributed by atoms with Gasteiger partial charge in [0.2, 0.25) is 5.91 Å². The zero-order valence-corrected chi connectivity index (χ0v) is 11.1. The number of nitrogens with zero attached hydrogens (tertiary/aromatic N) is 2. The minimum absolute atomic E-state index is 0.147. The molecule has 0 saturated carbocycles. The third kappa shape index (κ3) is 2.90. The fraction of sp³-hybridized carbons (Fsp3) is 0.462. The number of likely N-dealkylation sites (N-methyl/N-ethyl adjacent to an activating group) is 1. The molecule has 102 valence electrons. The van der Waals surface area contributed by atoms with Crippen LogP contribution in [-0.4, -0.2) is 54.4 Å². The molecule has 0 aliphatic carbocycles. The highest BCUT2D eigenvalue weighted by Crippen LogP contribution is 2.11. The van der Waals surface area contributed by atoms with E-state index in [1.165, 1.54) is 6.20 Å². The van der Waals surface area contributed by atoms with E-state index in [1.807, 2.05) is 6.92 Å². The molecule has 1 atom stereocenters. The molecule has 6 nitrogen and oxygen atoms in total. The van der Waals surface area contributed by atoms with Gasteiger partial charge < -0.3 is 15.5 Å². The first kappa shape index (κ1) is 13.5. The quantitative estimate of drug-likeness (QED) is 0.757. The number of carbonyl (C=O) groups excluding carboxylic acids is 2. The van der Waals surface area contributed by atoms with E-state index in [0.29, 0.717) is 25.2 Å². The minimum atomic E-state index is -0.466. The molecule has 19 heavy (non-hydrogen) atoms. The Balaban J connectivity index is 2.22. The maximum Gasteiger partial charge on any atom is 0.256 e. The smallest absolute Gasteiger partial charge is 0.256 e. The molecule has 1 aliphatic heterocycles. The van der Waals surface area contributed by atoms with Gasteiger partial charge in [0, 0.05) is 39.1 Å². The fourth-order valence-corrected chi connectivity index (χ4v) is 2.19. The molecule has 2 heterocycles. The predicted molar refractivity (Wildman–Crippen MR) is 70.7 cm³/mol. The van der Waals surface area contributed by atoms with Crippen molar-refractivity contribution in [2.45, 2.75) is 13.0 Å². The number of aromatic nitrogens is 1. The molecule has 1 fully saturated rings. The Labute approximate surface area is 112 Å². The monoisotopic (exact) mass is 262 g/mol. The number of rotatable bonds is 2. The van der Waals surface area contributed by atoms with Crippen molar-refractivity contribution < 1.29 is 9.59 Å². The van der Waals surface area contributed by atoms with E-state index in [-0.39, 0.29) is 11.8 Å². The number of pyridine rings is 1. The molecule has 1 unspecified atom stereocenters. The zero-order valence-electron chi connectivity index (χ0n) is 11.1. The van der Waals surface area contributed by atoms with E-state index in [9.17, 15) is 9.59 Å². The third-order valence-electron chi connectivity index (χ3n) is 3.18. The SMILES string of the molecule is CNC(=O)C1CNCCN1C(=O)c1cncc(C)c1. The summed E-state index contributed by atoms with van der Waals surface area (Å²) in [6, 6.07) is 1.32. The van der Waals surface area contributed by atoms with Gasteiger partial charge in [-0.25, -0.2) is 0 Å². The lowest BCUT2D eigenvalue weighted by molar-refractivity contribution is -0.125. The average molecular weight is 262 g/mol. The van der Waals surface area contributed by atoms with Crippen LogP contribution in [0.15, 0.2) is 18.5 Å². The Morgan fingerprint density at radius 1 is 1.47 bits per heavy atom. The van der Waals surface area contributed by atoms with E-state index < -0.39 is 6.04 Å². The molecule has 1 aromatic rings. The average Bonchev–Trinajstić information content (AvgIpc) is 2.45. The minimum Gasteiger partial charge on any atom is -0.357 e. The van der Waals surface area contributed by atoms with Crippen LogP contribution < -0.4 is 10.6 Å². The zero-order chi connectivity index (χ0) is 13.8. The standard InChI is InChI=1S/C13H18N4O2/c1-9-5-10(7-16-6-9)13(19)17-4-3-15-8-11(17)12(18)14-2/h5-7,11,15H,3-4,8H2,1-2H3,(H,14,18). The van der Waals surface area contributed by atoms with Gasteiger partial charge in [-0.05, 0) is 18.6 Å². The van der Waals surface area contributed by atoms with E-state index in [1.54, 1.807) is 24.2 Å². The topological polar surface area (TPSA) is 74.3 Å². The largest absolute Gasteiger partial charge is 0.357 e. The lowest BCUT2D eigenvalue weighted by Crippen LogP contribution is -2.59. The number of nitrogens with one attached hydrogen (secondary N) is 2. The second-order valence-electron chi connectivity index (χ2n) is 4.58.